The highest BCUT2D eigenvalue weighted by molar-refractivity contribution is 7.09. The molecule has 29 heavy (non-hydrogen) atoms. The minimum Gasteiger partial charge on any atom is -0.497 e. The van der Waals surface area contributed by atoms with Gasteiger partial charge < -0.3 is 9.64 Å². The van der Waals surface area contributed by atoms with E-state index in [1.54, 1.807) is 18.4 Å². The molecule has 5 nitrogen and oxygen atoms in total. The van der Waals surface area contributed by atoms with Gasteiger partial charge in [0, 0.05) is 35.6 Å². The van der Waals surface area contributed by atoms with Gasteiger partial charge >= 0.3 is 0 Å². The minimum atomic E-state index is 0.159. The average molecular weight is 408 g/mol. The zero-order valence-corrected chi connectivity index (χ0v) is 17.6. The van der Waals surface area contributed by atoms with E-state index in [1.165, 1.54) is 0 Å². The van der Waals surface area contributed by atoms with Gasteiger partial charge in [-0.3, -0.25) is 9.78 Å². The Hall–Kier alpha value is -2.73. The lowest BCUT2D eigenvalue weighted by atomic mass is 9.93. The van der Waals surface area contributed by atoms with Gasteiger partial charge in [0.25, 0.3) is 0 Å². The van der Waals surface area contributed by atoms with Crippen LogP contribution < -0.4 is 4.74 Å². The number of thiazole rings is 1. The number of ether oxygens (including phenoxy) is 1. The number of likely N-dealkylation sites (tertiary alicyclic amines) is 1. The Morgan fingerprint density at radius 1 is 1.21 bits per heavy atom. The van der Waals surface area contributed by atoms with Crippen molar-refractivity contribution in [2.24, 2.45) is 0 Å². The molecular weight excluding hydrogens is 382 g/mol. The number of rotatable bonds is 5. The van der Waals surface area contributed by atoms with Gasteiger partial charge in [-0.1, -0.05) is 6.07 Å². The van der Waals surface area contributed by atoms with E-state index in [0.717, 1.165) is 59.3 Å². The molecule has 3 aromatic rings. The Balaban J connectivity index is 1.47. The van der Waals surface area contributed by atoms with E-state index in [2.05, 4.69) is 17.1 Å². The third-order valence-corrected chi connectivity index (χ3v) is 6.17. The number of benzene rings is 1. The fourth-order valence-corrected chi connectivity index (χ4v) is 4.42. The summed E-state index contributed by atoms with van der Waals surface area (Å²) in [6.07, 6.45) is 2.44. The predicted molar refractivity (Wildman–Crippen MR) is 115 cm³/mol. The number of aryl methyl sites for hydroxylation is 1. The van der Waals surface area contributed by atoms with E-state index in [-0.39, 0.29) is 11.8 Å². The number of methoxy groups -OCH3 is 1. The minimum absolute atomic E-state index is 0.159. The summed E-state index contributed by atoms with van der Waals surface area (Å²) in [5.74, 6) is 1.26. The van der Waals surface area contributed by atoms with Crippen LogP contribution in [0.25, 0.3) is 11.3 Å². The first-order valence-corrected chi connectivity index (χ1v) is 10.8. The molecule has 1 aliphatic heterocycles. The summed E-state index contributed by atoms with van der Waals surface area (Å²) in [5, 5.41) is 2.98. The summed E-state index contributed by atoms with van der Waals surface area (Å²) in [6, 6.07) is 14.1. The molecule has 6 heteroatoms. The maximum absolute atomic E-state index is 12.8. The maximum atomic E-state index is 12.8. The predicted octanol–water partition coefficient (Wildman–Crippen LogP) is 4.47. The third kappa shape index (κ3) is 4.65. The molecule has 1 aliphatic rings. The zero-order chi connectivity index (χ0) is 20.2. The number of hydrogen-bond acceptors (Lipinski definition) is 5. The fourth-order valence-electron chi connectivity index (χ4n) is 3.80. The van der Waals surface area contributed by atoms with Crippen molar-refractivity contribution in [1.82, 2.24) is 14.9 Å². The fraction of sp³-hybridized carbons (Fsp3) is 0.348. The number of amides is 1. The normalized spacial score (nSPS) is 16.6. The smallest absolute Gasteiger partial charge is 0.228 e. The highest BCUT2D eigenvalue weighted by Gasteiger charge is 2.26. The molecule has 0 spiro atoms. The lowest BCUT2D eigenvalue weighted by Gasteiger charge is -2.32. The van der Waals surface area contributed by atoms with Crippen LogP contribution in [0.4, 0.5) is 0 Å². The van der Waals surface area contributed by atoms with Crippen LogP contribution in [-0.2, 0) is 11.2 Å². The molecule has 1 fully saturated rings. The highest BCUT2D eigenvalue weighted by Crippen LogP contribution is 2.28. The molecule has 3 heterocycles. The number of carbonyl (C=O) groups is 1. The van der Waals surface area contributed by atoms with Crippen molar-refractivity contribution < 1.29 is 9.53 Å². The number of aromatic nitrogens is 2. The number of carbonyl (C=O) groups excluding carboxylic acids is 1. The standard InChI is InChI=1S/C23H25N3O2S/c1-16-24-19(15-29-16)13-23(27)26-12-4-5-18(14-26)22-7-3-6-21(25-22)17-8-10-20(28-2)11-9-17/h3,6-11,15,18H,4-5,12-14H2,1-2H3. The topological polar surface area (TPSA) is 55.3 Å². The molecule has 150 valence electrons. The molecule has 0 radical (unpaired) electrons. The van der Waals surface area contributed by atoms with Crippen LogP contribution in [0.5, 0.6) is 5.75 Å². The van der Waals surface area contributed by atoms with Gasteiger partial charge in [-0.15, -0.1) is 11.3 Å². The summed E-state index contributed by atoms with van der Waals surface area (Å²) < 4.78 is 5.24. The lowest BCUT2D eigenvalue weighted by Crippen LogP contribution is -2.40. The van der Waals surface area contributed by atoms with Crippen molar-refractivity contribution >= 4 is 17.2 Å². The van der Waals surface area contributed by atoms with Gasteiger partial charge in [-0.05, 0) is 56.2 Å². The van der Waals surface area contributed by atoms with Crippen LogP contribution >= 0.6 is 11.3 Å². The Kier molecular flexibility index (Phi) is 5.90. The van der Waals surface area contributed by atoms with Crippen molar-refractivity contribution in [3.63, 3.8) is 0 Å². The maximum Gasteiger partial charge on any atom is 0.228 e. The molecule has 0 aliphatic carbocycles. The molecule has 1 unspecified atom stereocenters. The van der Waals surface area contributed by atoms with E-state index >= 15 is 0 Å². The first kappa shape index (κ1) is 19.6. The molecule has 1 aromatic carbocycles. The van der Waals surface area contributed by atoms with E-state index in [9.17, 15) is 4.79 Å². The van der Waals surface area contributed by atoms with Gasteiger partial charge in [0.2, 0.25) is 5.91 Å². The summed E-state index contributed by atoms with van der Waals surface area (Å²) in [5.41, 5.74) is 3.95. The van der Waals surface area contributed by atoms with Gasteiger partial charge in [-0.2, -0.15) is 0 Å². The van der Waals surface area contributed by atoms with Gasteiger partial charge in [0.1, 0.15) is 5.75 Å². The van der Waals surface area contributed by atoms with Gasteiger partial charge in [-0.25, -0.2) is 4.98 Å². The molecule has 0 bridgehead atoms. The molecule has 2 aromatic heterocycles. The molecule has 1 atom stereocenters. The third-order valence-electron chi connectivity index (χ3n) is 5.35. The second kappa shape index (κ2) is 8.74. The van der Waals surface area contributed by atoms with E-state index in [4.69, 9.17) is 9.72 Å². The van der Waals surface area contributed by atoms with Crippen molar-refractivity contribution in [3.8, 4) is 17.0 Å². The van der Waals surface area contributed by atoms with Gasteiger partial charge in [0.05, 0.1) is 29.9 Å². The average Bonchev–Trinajstić information content (AvgIpc) is 3.18. The quantitative estimate of drug-likeness (QED) is 0.626. The van der Waals surface area contributed by atoms with E-state index in [1.807, 2.05) is 47.5 Å². The molecule has 1 amide bonds. The first-order valence-electron chi connectivity index (χ1n) is 9.92. The molecule has 4 rings (SSSR count). The van der Waals surface area contributed by atoms with Gasteiger partial charge in [0.15, 0.2) is 0 Å². The van der Waals surface area contributed by atoms with Crippen LogP contribution in [0.1, 0.15) is 35.2 Å². The largest absolute Gasteiger partial charge is 0.497 e. The SMILES string of the molecule is COc1ccc(-c2cccc(C3CCCN(C(=O)Cc4csc(C)n4)C3)n2)cc1. The monoisotopic (exact) mass is 407 g/mol. The zero-order valence-electron chi connectivity index (χ0n) is 16.8. The second-order valence-corrected chi connectivity index (χ2v) is 8.45. The van der Waals surface area contributed by atoms with E-state index < -0.39 is 0 Å². The summed E-state index contributed by atoms with van der Waals surface area (Å²) in [7, 11) is 1.67. The van der Waals surface area contributed by atoms with E-state index in [0.29, 0.717) is 6.42 Å². The highest BCUT2D eigenvalue weighted by atomic mass is 32.1. The Bertz CT molecular complexity index is 984. The Morgan fingerprint density at radius 3 is 2.76 bits per heavy atom. The molecule has 1 saturated heterocycles. The number of piperidine rings is 1. The van der Waals surface area contributed by atoms with Crippen molar-refractivity contribution in [2.75, 3.05) is 20.2 Å². The van der Waals surface area contributed by atoms with Crippen LogP contribution in [0.15, 0.2) is 47.8 Å². The van der Waals surface area contributed by atoms with Crippen LogP contribution in [0.3, 0.4) is 0 Å². The molecule has 0 saturated carbocycles. The second-order valence-electron chi connectivity index (χ2n) is 7.39. The molecule has 0 N–H and O–H groups in total. The van der Waals surface area contributed by atoms with Crippen LogP contribution in [0, 0.1) is 6.92 Å². The number of nitrogens with zero attached hydrogens (tertiary/aromatic N) is 3. The summed E-state index contributed by atoms with van der Waals surface area (Å²) >= 11 is 1.59. The molecular formula is C23H25N3O2S. The van der Waals surface area contributed by atoms with Crippen molar-refractivity contribution in [2.45, 2.75) is 32.1 Å². The van der Waals surface area contributed by atoms with Crippen LogP contribution in [0.2, 0.25) is 0 Å². The lowest BCUT2D eigenvalue weighted by molar-refractivity contribution is -0.131. The Labute approximate surface area is 175 Å². The summed E-state index contributed by atoms with van der Waals surface area (Å²) in [6.45, 7) is 3.51. The first-order chi connectivity index (χ1) is 14.1. The number of pyridine rings is 1. The Morgan fingerprint density at radius 2 is 2.03 bits per heavy atom. The summed E-state index contributed by atoms with van der Waals surface area (Å²) in [4.78, 5) is 24.1. The van der Waals surface area contributed by atoms with Crippen LogP contribution in [-0.4, -0.2) is 41.0 Å². The van der Waals surface area contributed by atoms with Crippen molar-refractivity contribution in [3.05, 3.63) is 64.2 Å². The number of hydrogen-bond donors (Lipinski definition) is 0. The van der Waals surface area contributed by atoms with Crippen molar-refractivity contribution in [1.29, 1.82) is 0 Å².